The van der Waals surface area contributed by atoms with Crippen LogP contribution < -0.4 is 9.64 Å². The summed E-state index contributed by atoms with van der Waals surface area (Å²) in [5.74, 6) is 1.08. The summed E-state index contributed by atoms with van der Waals surface area (Å²) in [4.78, 5) is 28.7. The third kappa shape index (κ3) is 16.0. The number of ether oxygens (including phenoxy) is 1. The quantitative estimate of drug-likeness (QED) is 0.0835. The summed E-state index contributed by atoms with van der Waals surface area (Å²) < 4.78 is 82.7. The Hall–Kier alpha value is -0.995. The molecule has 0 saturated carbocycles. The minimum Gasteiger partial charge on any atom is -0.491 e. The van der Waals surface area contributed by atoms with E-state index in [1.807, 2.05) is 55.4 Å². The molecule has 4 bridgehead atoms. The fourth-order valence-electron chi connectivity index (χ4n) is 9.13. The lowest BCUT2D eigenvalue weighted by atomic mass is 10.0. The maximum atomic E-state index is 13.5. The molecule has 0 radical (unpaired) electrons. The first-order valence-corrected chi connectivity index (χ1v) is 40.2. The van der Waals surface area contributed by atoms with Gasteiger partial charge in [0.25, 0.3) is 0 Å². The highest BCUT2D eigenvalue weighted by molar-refractivity contribution is 6.97. The molecular weight excluding hydrogens is 999 g/mol. The minimum atomic E-state index is -4.27. The molecule has 3 fully saturated rings. The predicted octanol–water partition coefficient (Wildman–Crippen LogP) is 9.16. The van der Waals surface area contributed by atoms with Crippen molar-refractivity contribution in [3.63, 3.8) is 0 Å². The molecule has 3 heterocycles. The maximum Gasteiger partial charge on any atom is 0.486 e. The van der Waals surface area contributed by atoms with Gasteiger partial charge in [0.15, 0.2) is 5.78 Å². The average molecular weight is 1090 g/mol. The monoisotopic (exact) mass is 1090 g/mol. The SMILES string of the molecule is CC(C)C[SiH]1O[Si]2(CC(C)C)O[Si](O)(CC(C)C)O[Si]3(CC(C)C)O[Si](CC(C)C)(OC(C[SiH3])COc4ccc(C(=O)c5ccc(N(C)C)cc5)cc4)O[Si](CC(C)C)(O1)O[Si](CC(C)C)(O2)O3. The molecule has 3 aliphatic heterocycles. The molecule has 68 heavy (non-hydrogen) atoms. The van der Waals surface area contributed by atoms with Gasteiger partial charge in [-0.3, -0.25) is 4.79 Å². The summed E-state index contributed by atoms with van der Waals surface area (Å²) in [6.45, 7) is 30.0. The van der Waals surface area contributed by atoms with E-state index >= 15 is 0 Å². The van der Waals surface area contributed by atoms with Crippen LogP contribution in [0.1, 0.15) is 113 Å². The zero-order valence-electron chi connectivity index (χ0n) is 44.5. The van der Waals surface area contributed by atoms with Gasteiger partial charge in [-0.15, -0.1) is 0 Å². The van der Waals surface area contributed by atoms with Crippen molar-refractivity contribution >= 4 is 83.8 Å². The molecule has 8 atom stereocenters. The van der Waals surface area contributed by atoms with E-state index in [1.165, 1.54) is 0 Å². The van der Waals surface area contributed by atoms with E-state index in [0.29, 0.717) is 59.2 Å². The summed E-state index contributed by atoms with van der Waals surface area (Å²) in [5.41, 5.74) is 2.22. The molecule has 14 nitrogen and oxygen atoms in total. The fraction of sp³-hybridized carbons (Fsp3) is 0.717. The van der Waals surface area contributed by atoms with Gasteiger partial charge < -0.3 is 55.9 Å². The first kappa shape index (κ1) is 57.9. The Labute approximate surface area is 421 Å². The van der Waals surface area contributed by atoms with Crippen LogP contribution >= 0.6 is 0 Å². The Balaban J connectivity index is 1.66. The molecule has 8 unspecified atom stereocenters. The number of nitrogens with zero attached hydrogens (tertiary/aromatic N) is 1. The van der Waals surface area contributed by atoms with Crippen LogP contribution in [0.15, 0.2) is 48.5 Å². The highest BCUT2D eigenvalue weighted by Crippen LogP contribution is 2.49. The van der Waals surface area contributed by atoms with Crippen LogP contribution in [-0.2, 0) is 41.5 Å². The number of ketones is 1. The van der Waals surface area contributed by atoms with Crippen LogP contribution in [0.4, 0.5) is 5.69 Å². The number of hydrogen-bond acceptors (Lipinski definition) is 14. The van der Waals surface area contributed by atoms with Crippen molar-refractivity contribution in [2.75, 3.05) is 25.6 Å². The molecule has 3 aliphatic rings. The average Bonchev–Trinajstić information content (AvgIpc) is 3.15. The zero-order chi connectivity index (χ0) is 50.5. The van der Waals surface area contributed by atoms with Crippen LogP contribution in [0.3, 0.4) is 0 Å². The topological polar surface area (TPSA) is 142 Å². The largest absolute Gasteiger partial charge is 0.491 e. The summed E-state index contributed by atoms with van der Waals surface area (Å²) >= 11 is 0. The van der Waals surface area contributed by atoms with E-state index in [0.717, 1.165) is 15.9 Å². The van der Waals surface area contributed by atoms with Gasteiger partial charge in [0.1, 0.15) is 12.4 Å². The Kier molecular flexibility index (Phi) is 20.4. The molecule has 386 valence electrons. The number of carbonyl (C=O) groups excluding carboxylic acids is 1. The Morgan fingerprint density at radius 1 is 0.574 bits per heavy atom. The Morgan fingerprint density at radius 3 is 1.44 bits per heavy atom. The van der Waals surface area contributed by atoms with Crippen molar-refractivity contribution in [1.29, 1.82) is 0 Å². The van der Waals surface area contributed by atoms with Crippen LogP contribution in [0, 0.1) is 41.4 Å². The van der Waals surface area contributed by atoms with Crippen molar-refractivity contribution in [3.8, 4) is 5.75 Å². The number of benzene rings is 2. The van der Waals surface area contributed by atoms with Gasteiger partial charge in [0, 0.05) is 77.4 Å². The van der Waals surface area contributed by atoms with Gasteiger partial charge in [-0.1, -0.05) is 96.9 Å². The van der Waals surface area contributed by atoms with E-state index in [9.17, 15) is 9.59 Å². The molecule has 2 aromatic rings. The van der Waals surface area contributed by atoms with Gasteiger partial charge in [-0.05, 0) is 102 Å². The van der Waals surface area contributed by atoms with E-state index in [-0.39, 0.29) is 59.9 Å². The normalized spacial score (nSPS) is 30.6. The van der Waals surface area contributed by atoms with Crippen LogP contribution in [0.25, 0.3) is 0 Å². The second-order valence-corrected chi connectivity index (χ2v) is 43.2. The highest BCUT2D eigenvalue weighted by Gasteiger charge is 2.75. The van der Waals surface area contributed by atoms with E-state index < -0.39 is 68.2 Å². The molecule has 0 aliphatic carbocycles. The number of rotatable bonds is 23. The van der Waals surface area contributed by atoms with E-state index in [4.69, 9.17) is 46.2 Å². The number of hydrogen-bond donors (Lipinski definition) is 1. The lowest BCUT2D eigenvalue weighted by Crippen LogP contribution is -2.81. The second-order valence-electron chi connectivity index (χ2n) is 22.5. The molecule has 1 N–H and O–H groups in total. The van der Waals surface area contributed by atoms with Crippen molar-refractivity contribution in [1.82, 2.24) is 0 Å². The van der Waals surface area contributed by atoms with Crippen molar-refractivity contribution in [2.24, 2.45) is 41.4 Å². The lowest BCUT2D eigenvalue weighted by Gasteiger charge is -2.57. The molecule has 5 rings (SSSR count). The van der Waals surface area contributed by atoms with Gasteiger partial charge in [0.05, 0.1) is 6.10 Å². The second kappa shape index (κ2) is 23.9. The molecule has 22 heteroatoms. The molecular formula is C46H87NO13Si8. The summed E-state index contributed by atoms with van der Waals surface area (Å²) in [5, 5.41) is 0. The number of fused-ring (bicyclic) bond motifs is 3. The van der Waals surface area contributed by atoms with Crippen molar-refractivity contribution < 1.29 is 55.8 Å². The molecule has 3 saturated heterocycles. The smallest absolute Gasteiger partial charge is 0.486 e. The first-order chi connectivity index (χ1) is 31.6. The number of carbonyl (C=O) groups is 1. The van der Waals surface area contributed by atoms with E-state index in [1.54, 1.807) is 12.1 Å². The molecule has 0 spiro atoms. The van der Waals surface area contributed by atoms with Crippen molar-refractivity contribution in [2.45, 2.75) is 151 Å². The lowest BCUT2D eigenvalue weighted by molar-refractivity contribution is -0.00482. The molecule has 0 amide bonds. The maximum absolute atomic E-state index is 13.5. The summed E-state index contributed by atoms with van der Waals surface area (Å²) in [6, 6.07) is 18.5. The summed E-state index contributed by atoms with van der Waals surface area (Å²) in [7, 11) is -22.4. The van der Waals surface area contributed by atoms with Crippen LogP contribution in [0.5, 0.6) is 5.75 Å². The van der Waals surface area contributed by atoms with E-state index in [2.05, 4.69) is 96.9 Å². The predicted molar refractivity (Wildman–Crippen MR) is 287 cm³/mol. The first-order valence-electron chi connectivity index (χ1n) is 25.4. The highest BCUT2D eigenvalue weighted by atomic mass is 28.6. The third-order valence-electron chi connectivity index (χ3n) is 11.4. The molecule has 0 aromatic heterocycles. The standard InChI is InChI=1S/C46H87NO13Si8/c1-34(2)27-62-52-65(30-37(7)8)54-63(49,28-35(3)4)55-67(32-39(11)12)57-64(29-36(5)6,56-66(53-62,31-38(9)10)59-68(58-65,60-67)33-40(13)14)51-45(26-61)25-50-44-23-19-42(20-24-44)46(48)41-17-21-43(22-18-41)47(15)16/h17-24,34-40,45,49,62H,25-33H2,1-16,61H3. The van der Waals surface area contributed by atoms with Gasteiger partial charge in [-0.25, -0.2) is 0 Å². The number of anilines is 1. The van der Waals surface area contributed by atoms with Gasteiger partial charge in [-0.2, -0.15) is 0 Å². The zero-order valence-corrected chi connectivity index (χ0v) is 53.6. The Morgan fingerprint density at radius 2 is 0.985 bits per heavy atom. The third-order valence-corrected chi connectivity index (χ3v) is 44.7. The summed E-state index contributed by atoms with van der Waals surface area (Å²) in [6.07, 6.45) is -0.455. The van der Waals surface area contributed by atoms with Crippen LogP contribution in [0.2, 0.25) is 48.4 Å². The van der Waals surface area contributed by atoms with Crippen LogP contribution in [-0.4, -0.2) is 110 Å². The minimum absolute atomic E-state index is 0.00179. The fourth-order valence-corrected chi connectivity index (χ4v) is 49.2. The van der Waals surface area contributed by atoms with Crippen molar-refractivity contribution in [3.05, 3.63) is 59.7 Å². The molecule has 2 aromatic carbocycles. The Bertz CT molecular complexity index is 1920. The van der Waals surface area contributed by atoms with Gasteiger partial charge >= 0.3 is 62.1 Å². The van der Waals surface area contributed by atoms with Gasteiger partial charge in [0.2, 0.25) is 0 Å².